The van der Waals surface area contributed by atoms with Crippen LogP contribution in [0.1, 0.15) is 64.4 Å². The first-order chi connectivity index (χ1) is 14.3. The van der Waals surface area contributed by atoms with Crippen molar-refractivity contribution in [1.29, 1.82) is 0 Å². The highest BCUT2D eigenvalue weighted by Gasteiger charge is 2.33. The third-order valence-corrected chi connectivity index (χ3v) is 8.37. The Morgan fingerprint density at radius 3 is 2.33 bits per heavy atom. The van der Waals surface area contributed by atoms with E-state index in [1.807, 2.05) is 17.0 Å². The first-order valence-corrected chi connectivity index (χ1v) is 12.8. The summed E-state index contributed by atoms with van der Waals surface area (Å²) in [6.07, 6.45) is 5.39. The summed E-state index contributed by atoms with van der Waals surface area (Å²) in [4.78, 5) is 17.1. The van der Waals surface area contributed by atoms with Crippen molar-refractivity contribution in [3.05, 3.63) is 29.8 Å². The molecular weight excluding hydrogens is 398 g/mol. The molecule has 0 N–H and O–H groups in total. The molecule has 0 radical (unpaired) electrons. The van der Waals surface area contributed by atoms with Crippen molar-refractivity contribution in [3.63, 3.8) is 0 Å². The average Bonchev–Trinajstić information content (AvgIpc) is 2.74. The van der Waals surface area contributed by atoms with Crippen LogP contribution in [0.25, 0.3) is 0 Å². The van der Waals surface area contributed by atoms with Crippen LogP contribution in [-0.2, 0) is 14.8 Å². The minimum Gasteiger partial charge on any atom is -0.337 e. The van der Waals surface area contributed by atoms with E-state index in [0.29, 0.717) is 30.4 Å². The molecular formula is C23H37N3O3S. The number of sulfonamides is 1. The van der Waals surface area contributed by atoms with Gasteiger partial charge in [0.15, 0.2) is 0 Å². The Morgan fingerprint density at radius 1 is 1.07 bits per heavy atom. The van der Waals surface area contributed by atoms with Crippen molar-refractivity contribution in [1.82, 2.24) is 14.1 Å². The van der Waals surface area contributed by atoms with E-state index in [0.717, 1.165) is 38.0 Å². The zero-order chi connectivity index (χ0) is 21.7. The van der Waals surface area contributed by atoms with Crippen LogP contribution in [-0.4, -0.2) is 73.7 Å². The second kappa shape index (κ2) is 10.2. The van der Waals surface area contributed by atoms with Crippen molar-refractivity contribution < 1.29 is 13.2 Å². The summed E-state index contributed by atoms with van der Waals surface area (Å²) in [5.41, 5.74) is 1.13. The van der Waals surface area contributed by atoms with Crippen LogP contribution in [0.4, 0.5) is 0 Å². The van der Waals surface area contributed by atoms with Crippen molar-refractivity contribution in [3.8, 4) is 0 Å². The highest BCUT2D eigenvalue weighted by Crippen LogP contribution is 2.25. The molecule has 1 amide bonds. The monoisotopic (exact) mass is 435 g/mol. The van der Waals surface area contributed by atoms with Gasteiger partial charge in [0.05, 0.1) is 4.90 Å². The highest BCUT2D eigenvalue weighted by atomic mass is 32.2. The summed E-state index contributed by atoms with van der Waals surface area (Å²) >= 11 is 0. The van der Waals surface area contributed by atoms with Crippen LogP contribution in [0.3, 0.4) is 0 Å². The van der Waals surface area contributed by atoms with E-state index in [1.54, 1.807) is 23.4 Å². The molecule has 0 aromatic heterocycles. The second-order valence-electron chi connectivity index (χ2n) is 9.00. The van der Waals surface area contributed by atoms with Crippen LogP contribution in [0.15, 0.2) is 29.2 Å². The molecule has 0 bridgehead atoms. The van der Waals surface area contributed by atoms with Crippen LogP contribution in [0, 0.1) is 0 Å². The van der Waals surface area contributed by atoms with Crippen molar-refractivity contribution >= 4 is 15.9 Å². The van der Waals surface area contributed by atoms with E-state index in [2.05, 4.69) is 18.7 Å². The Balaban J connectivity index is 1.67. The first-order valence-electron chi connectivity index (χ1n) is 11.4. The Kier molecular flexibility index (Phi) is 7.93. The predicted octanol–water partition coefficient (Wildman–Crippen LogP) is 3.30. The van der Waals surface area contributed by atoms with Gasteiger partial charge in [-0.15, -0.1) is 0 Å². The molecule has 2 aliphatic heterocycles. The molecule has 2 heterocycles. The first kappa shape index (κ1) is 23.2. The van der Waals surface area contributed by atoms with Gasteiger partial charge in [-0.3, -0.25) is 4.79 Å². The SMILES string of the molecule is CC(=O)N(CCN1CCCCC1)[C@H]1CCCN(S(=O)(=O)c2ccc(C(C)C)cc2)C1. The Morgan fingerprint density at radius 2 is 1.73 bits per heavy atom. The van der Waals surface area contributed by atoms with Crippen LogP contribution < -0.4 is 0 Å². The van der Waals surface area contributed by atoms with Gasteiger partial charge >= 0.3 is 0 Å². The third kappa shape index (κ3) is 5.62. The molecule has 168 valence electrons. The standard InChI is InChI=1S/C23H37N3O3S/c1-19(2)21-9-11-23(12-10-21)30(28,29)25-15-7-8-22(18-25)26(20(3)27)17-16-24-13-5-4-6-14-24/h9-12,19,22H,4-8,13-18H2,1-3H3/t22-/m0/s1. The van der Waals surface area contributed by atoms with Gasteiger partial charge in [-0.05, 0) is 62.4 Å². The lowest BCUT2D eigenvalue weighted by atomic mass is 10.0. The average molecular weight is 436 g/mol. The number of hydrogen-bond acceptors (Lipinski definition) is 4. The molecule has 1 atom stereocenters. The molecule has 30 heavy (non-hydrogen) atoms. The van der Waals surface area contributed by atoms with Gasteiger partial charge in [0, 0.05) is 39.1 Å². The lowest BCUT2D eigenvalue weighted by molar-refractivity contribution is -0.132. The number of hydrogen-bond donors (Lipinski definition) is 0. The zero-order valence-corrected chi connectivity index (χ0v) is 19.5. The lowest BCUT2D eigenvalue weighted by Crippen LogP contribution is -2.53. The van der Waals surface area contributed by atoms with E-state index < -0.39 is 10.0 Å². The number of benzene rings is 1. The van der Waals surface area contributed by atoms with Gasteiger partial charge in [-0.2, -0.15) is 4.31 Å². The molecule has 3 rings (SSSR count). The van der Waals surface area contributed by atoms with Gasteiger partial charge in [0.1, 0.15) is 0 Å². The van der Waals surface area contributed by atoms with Crippen LogP contribution in [0.5, 0.6) is 0 Å². The number of nitrogens with zero attached hydrogens (tertiary/aromatic N) is 3. The van der Waals surface area contributed by atoms with E-state index in [9.17, 15) is 13.2 Å². The highest BCUT2D eigenvalue weighted by molar-refractivity contribution is 7.89. The molecule has 2 fully saturated rings. The third-order valence-electron chi connectivity index (χ3n) is 6.49. The number of rotatable bonds is 7. The summed E-state index contributed by atoms with van der Waals surface area (Å²) in [6.45, 7) is 10.5. The summed E-state index contributed by atoms with van der Waals surface area (Å²) in [7, 11) is -3.55. The fraction of sp³-hybridized carbons (Fsp3) is 0.696. The molecule has 0 unspecified atom stereocenters. The number of carbonyl (C=O) groups excluding carboxylic acids is 1. The van der Waals surface area contributed by atoms with E-state index >= 15 is 0 Å². The smallest absolute Gasteiger partial charge is 0.243 e. The van der Waals surface area contributed by atoms with E-state index in [4.69, 9.17) is 0 Å². The Labute approximate surface area is 182 Å². The van der Waals surface area contributed by atoms with E-state index in [1.165, 1.54) is 19.3 Å². The van der Waals surface area contributed by atoms with Crippen molar-refractivity contribution in [2.45, 2.75) is 69.7 Å². The maximum absolute atomic E-state index is 13.2. The molecule has 2 aliphatic rings. The Bertz CT molecular complexity index is 801. The number of amides is 1. The Hall–Kier alpha value is -1.44. The fourth-order valence-electron chi connectivity index (χ4n) is 4.60. The van der Waals surface area contributed by atoms with Crippen LogP contribution in [0.2, 0.25) is 0 Å². The summed E-state index contributed by atoms with van der Waals surface area (Å²) < 4.78 is 28.0. The maximum atomic E-state index is 13.2. The molecule has 2 saturated heterocycles. The normalized spacial score (nSPS) is 21.7. The summed E-state index contributed by atoms with van der Waals surface area (Å²) in [5, 5.41) is 0. The van der Waals surface area contributed by atoms with Crippen molar-refractivity contribution in [2.75, 3.05) is 39.3 Å². The number of likely N-dealkylation sites (tertiary alicyclic amines) is 1. The predicted molar refractivity (Wildman–Crippen MR) is 120 cm³/mol. The van der Waals surface area contributed by atoms with Gasteiger partial charge in [-0.1, -0.05) is 32.4 Å². The number of piperidine rings is 2. The number of carbonyl (C=O) groups is 1. The van der Waals surface area contributed by atoms with Crippen molar-refractivity contribution in [2.24, 2.45) is 0 Å². The minimum atomic E-state index is -3.55. The summed E-state index contributed by atoms with van der Waals surface area (Å²) in [5.74, 6) is 0.405. The molecule has 7 heteroatoms. The van der Waals surface area contributed by atoms with Crippen LogP contribution >= 0.6 is 0 Å². The van der Waals surface area contributed by atoms with Gasteiger partial charge in [-0.25, -0.2) is 8.42 Å². The molecule has 0 saturated carbocycles. The van der Waals surface area contributed by atoms with Gasteiger partial charge in [0.25, 0.3) is 0 Å². The molecule has 1 aromatic carbocycles. The molecule has 1 aromatic rings. The largest absolute Gasteiger partial charge is 0.337 e. The zero-order valence-electron chi connectivity index (χ0n) is 18.7. The minimum absolute atomic E-state index is 0.0394. The second-order valence-corrected chi connectivity index (χ2v) is 10.9. The fourth-order valence-corrected chi connectivity index (χ4v) is 6.11. The maximum Gasteiger partial charge on any atom is 0.243 e. The molecule has 6 nitrogen and oxygen atoms in total. The van der Waals surface area contributed by atoms with Gasteiger partial charge in [0.2, 0.25) is 15.9 Å². The topological polar surface area (TPSA) is 60.9 Å². The van der Waals surface area contributed by atoms with E-state index in [-0.39, 0.29) is 11.9 Å². The molecule has 0 spiro atoms. The lowest BCUT2D eigenvalue weighted by Gasteiger charge is -2.39. The quantitative estimate of drug-likeness (QED) is 0.659. The van der Waals surface area contributed by atoms with Gasteiger partial charge < -0.3 is 9.80 Å². The summed E-state index contributed by atoms with van der Waals surface area (Å²) in [6, 6.07) is 7.19. The molecule has 0 aliphatic carbocycles.